The molecule has 0 aliphatic rings. The number of hydrogen-bond acceptors (Lipinski definition) is 3. The van der Waals surface area contributed by atoms with Crippen LogP contribution in [0.3, 0.4) is 0 Å². The lowest BCUT2D eigenvalue weighted by atomic mass is 10.7. The SMILES string of the molecule is COCC(Br)=CSC#N. The summed E-state index contributed by atoms with van der Waals surface area (Å²) in [7, 11) is 1.60. The van der Waals surface area contributed by atoms with Crippen molar-refractivity contribution in [2.24, 2.45) is 0 Å². The Labute approximate surface area is 67.0 Å². The molecule has 0 atom stereocenters. The minimum absolute atomic E-state index is 0.522. The predicted octanol–water partition coefficient (Wildman–Crippen LogP) is 2.08. The average molecular weight is 208 g/mol. The highest BCUT2D eigenvalue weighted by atomic mass is 79.9. The summed E-state index contributed by atoms with van der Waals surface area (Å²) in [6.07, 6.45) is 0. The van der Waals surface area contributed by atoms with Gasteiger partial charge in [-0.05, 0) is 17.2 Å². The standard InChI is InChI=1S/C5H6BrNOS/c1-8-2-5(6)3-9-4-7/h3H,2H2,1H3. The maximum atomic E-state index is 8.09. The Hall–Kier alpha value is 0.0200. The molecule has 0 aromatic rings. The van der Waals surface area contributed by atoms with Crippen molar-refractivity contribution in [1.29, 1.82) is 5.26 Å². The second-order valence-electron chi connectivity index (χ2n) is 1.21. The molecule has 0 saturated heterocycles. The van der Waals surface area contributed by atoms with E-state index < -0.39 is 0 Å². The van der Waals surface area contributed by atoms with Gasteiger partial charge in [0, 0.05) is 11.6 Å². The van der Waals surface area contributed by atoms with E-state index in [0.717, 1.165) is 16.2 Å². The molecule has 0 fully saturated rings. The zero-order valence-electron chi connectivity index (χ0n) is 4.93. The molecule has 9 heavy (non-hydrogen) atoms. The van der Waals surface area contributed by atoms with Gasteiger partial charge in [0.15, 0.2) is 0 Å². The lowest BCUT2D eigenvalue weighted by molar-refractivity contribution is 0.232. The van der Waals surface area contributed by atoms with Gasteiger partial charge in [-0.1, -0.05) is 15.9 Å². The summed E-state index contributed by atoms with van der Waals surface area (Å²) in [6.45, 7) is 0.522. The normalized spacial score (nSPS) is 11.0. The van der Waals surface area contributed by atoms with E-state index in [4.69, 9.17) is 10.00 Å². The highest BCUT2D eigenvalue weighted by molar-refractivity contribution is 9.11. The number of hydrogen-bond donors (Lipinski definition) is 0. The van der Waals surface area contributed by atoms with Gasteiger partial charge in [0.2, 0.25) is 0 Å². The minimum atomic E-state index is 0.522. The van der Waals surface area contributed by atoms with E-state index in [1.54, 1.807) is 12.5 Å². The summed E-state index contributed by atoms with van der Waals surface area (Å²) in [5, 5.41) is 11.7. The second kappa shape index (κ2) is 6.14. The van der Waals surface area contributed by atoms with Crippen LogP contribution >= 0.6 is 27.7 Å². The van der Waals surface area contributed by atoms with Crippen LogP contribution < -0.4 is 0 Å². The summed E-state index contributed by atoms with van der Waals surface area (Å²) in [5.41, 5.74) is 0. The molecule has 0 aliphatic heterocycles. The summed E-state index contributed by atoms with van der Waals surface area (Å²) in [5.74, 6) is 0. The van der Waals surface area contributed by atoms with Crippen molar-refractivity contribution in [3.63, 3.8) is 0 Å². The van der Waals surface area contributed by atoms with Crippen molar-refractivity contribution in [2.45, 2.75) is 0 Å². The highest BCUT2D eigenvalue weighted by Gasteiger charge is 1.87. The molecule has 0 aromatic carbocycles. The number of nitriles is 1. The largest absolute Gasteiger partial charge is 0.379 e. The van der Waals surface area contributed by atoms with Crippen LogP contribution in [0.4, 0.5) is 0 Å². The fourth-order valence-corrected chi connectivity index (χ4v) is 1.02. The number of nitrogens with zero attached hydrogens (tertiary/aromatic N) is 1. The van der Waals surface area contributed by atoms with Crippen molar-refractivity contribution in [2.75, 3.05) is 13.7 Å². The molecular weight excluding hydrogens is 202 g/mol. The first-order valence-corrected chi connectivity index (χ1v) is 3.86. The Kier molecular flexibility index (Phi) is 6.16. The van der Waals surface area contributed by atoms with Gasteiger partial charge in [0.1, 0.15) is 5.40 Å². The molecule has 0 saturated carbocycles. The van der Waals surface area contributed by atoms with E-state index in [2.05, 4.69) is 15.9 Å². The van der Waals surface area contributed by atoms with Crippen LogP contribution in [0.1, 0.15) is 0 Å². The Morgan fingerprint density at radius 3 is 3.11 bits per heavy atom. The van der Waals surface area contributed by atoms with E-state index in [1.165, 1.54) is 0 Å². The summed E-state index contributed by atoms with van der Waals surface area (Å²) in [6, 6.07) is 0. The molecule has 0 radical (unpaired) electrons. The first-order chi connectivity index (χ1) is 4.31. The van der Waals surface area contributed by atoms with Crippen LogP contribution in [0.5, 0.6) is 0 Å². The van der Waals surface area contributed by atoms with Gasteiger partial charge in [-0.2, -0.15) is 5.26 Å². The molecule has 0 N–H and O–H groups in total. The third-order valence-corrected chi connectivity index (χ3v) is 1.79. The zero-order valence-corrected chi connectivity index (χ0v) is 7.33. The van der Waals surface area contributed by atoms with Crippen LogP contribution in [-0.4, -0.2) is 13.7 Å². The van der Waals surface area contributed by atoms with E-state index in [-0.39, 0.29) is 0 Å². The van der Waals surface area contributed by atoms with Gasteiger partial charge in [0.25, 0.3) is 0 Å². The molecule has 0 heterocycles. The number of halogens is 1. The second-order valence-corrected chi connectivity index (χ2v) is 2.88. The molecule has 4 heteroatoms. The van der Waals surface area contributed by atoms with E-state index >= 15 is 0 Å². The van der Waals surface area contributed by atoms with Crippen molar-refractivity contribution in [3.05, 3.63) is 9.89 Å². The molecule has 0 aromatic heterocycles. The van der Waals surface area contributed by atoms with Gasteiger partial charge < -0.3 is 4.74 Å². The molecule has 0 spiro atoms. The van der Waals surface area contributed by atoms with Crippen molar-refractivity contribution in [1.82, 2.24) is 0 Å². The molecular formula is C5H6BrNOS. The summed E-state index contributed by atoms with van der Waals surface area (Å²) >= 11 is 4.28. The van der Waals surface area contributed by atoms with Crippen LogP contribution in [-0.2, 0) is 4.74 Å². The molecule has 0 aliphatic carbocycles. The van der Waals surface area contributed by atoms with Crippen LogP contribution in [0.2, 0.25) is 0 Å². The lowest BCUT2D eigenvalue weighted by Crippen LogP contribution is -1.84. The first-order valence-electron chi connectivity index (χ1n) is 2.19. The Balaban J connectivity index is 3.45. The number of thiocyanates is 1. The quantitative estimate of drug-likeness (QED) is 0.665. The zero-order chi connectivity index (χ0) is 7.11. The van der Waals surface area contributed by atoms with E-state index in [9.17, 15) is 0 Å². The van der Waals surface area contributed by atoms with E-state index in [1.807, 2.05) is 5.40 Å². The first kappa shape index (κ1) is 9.02. The Morgan fingerprint density at radius 1 is 2.00 bits per heavy atom. The van der Waals surface area contributed by atoms with Crippen LogP contribution in [0.15, 0.2) is 9.89 Å². The monoisotopic (exact) mass is 207 g/mol. The molecule has 0 amide bonds. The maximum Gasteiger partial charge on any atom is 0.137 e. The summed E-state index contributed by atoms with van der Waals surface area (Å²) < 4.78 is 5.65. The third-order valence-electron chi connectivity index (χ3n) is 0.522. The summed E-state index contributed by atoms with van der Waals surface area (Å²) in [4.78, 5) is 0. The van der Waals surface area contributed by atoms with Crippen molar-refractivity contribution >= 4 is 27.7 Å². The van der Waals surface area contributed by atoms with Gasteiger partial charge in [-0.15, -0.1) is 0 Å². The number of ether oxygens (including phenoxy) is 1. The molecule has 0 unspecified atom stereocenters. The highest BCUT2D eigenvalue weighted by Crippen LogP contribution is 2.10. The lowest BCUT2D eigenvalue weighted by Gasteiger charge is -1.91. The topological polar surface area (TPSA) is 33.0 Å². The van der Waals surface area contributed by atoms with Gasteiger partial charge in [-0.3, -0.25) is 0 Å². The minimum Gasteiger partial charge on any atom is -0.379 e. The van der Waals surface area contributed by atoms with Crippen molar-refractivity contribution in [3.8, 4) is 5.40 Å². The van der Waals surface area contributed by atoms with Gasteiger partial charge in [-0.25, -0.2) is 0 Å². The predicted molar refractivity (Wildman–Crippen MR) is 42.1 cm³/mol. The molecule has 50 valence electrons. The number of rotatable bonds is 3. The van der Waals surface area contributed by atoms with Crippen molar-refractivity contribution < 1.29 is 4.74 Å². The Bertz CT molecular complexity index is 140. The number of thioether (sulfide) groups is 1. The van der Waals surface area contributed by atoms with Crippen LogP contribution in [0.25, 0.3) is 0 Å². The smallest absolute Gasteiger partial charge is 0.137 e. The van der Waals surface area contributed by atoms with Crippen LogP contribution in [0, 0.1) is 10.7 Å². The van der Waals surface area contributed by atoms with E-state index in [0.29, 0.717) is 6.61 Å². The van der Waals surface area contributed by atoms with Gasteiger partial charge >= 0.3 is 0 Å². The fraction of sp³-hybridized carbons (Fsp3) is 0.400. The maximum absolute atomic E-state index is 8.09. The average Bonchev–Trinajstić information content (AvgIpc) is 1.85. The number of methoxy groups -OCH3 is 1. The molecule has 0 rings (SSSR count). The molecule has 2 nitrogen and oxygen atoms in total. The van der Waals surface area contributed by atoms with Gasteiger partial charge in [0.05, 0.1) is 6.61 Å². The molecule has 0 bridgehead atoms. The Morgan fingerprint density at radius 2 is 2.67 bits per heavy atom. The third kappa shape index (κ3) is 5.90. The fourth-order valence-electron chi connectivity index (χ4n) is 0.262.